The van der Waals surface area contributed by atoms with Gasteiger partial charge in [0, 0.05) is 22.5 Å². The van der Waals surface area contributed by atoms with E-state index in [9.17, 15) is 0 Å². The minimum atomic E-state index is -0.0108. The molecule has 0 saturated carbocycles. The summed E-state index contributed by atoms with van der Waals surface area (Å²) >= 11 is 0. The van der Waals surface area contributed by atoms with E-state index >= 15 is 0 Å². The summed E-state index contributed by atoms with van der Waals surface area (Å²) in [7, 11) is 0. The maximum absolute atomic E-state index is 6.54. The molecule has 2 heterocycles. The van der Waals surface area contributed by atoms with Gasteiger partial charge in [-0.15, -0.1) is 0 Å². The van der Waals surface area contributed by atoms with E-state index < -0.39 is 0 Å². The summed E-state index contributed by atoms with van der Waals surface area (Å²) in [5.74, 6) is 0.985. The van der Waals surface area contributed by atoms with Crippen LogP contribution in [0.5, 0.6) is 5.75 Å². The molecule has 2 atom stereocenters. The molecule has 0 radical (unpaired) electrons. The smallest absolute Gasteiger partial charge is 0.151 e. The fourth-order valence-corrected chi connectivity index (χ4v) is 9.47. The summed E-state index contributed by atoms with van der Waals surface area (Å²) in [4.78, 5) is 2.47. The molecule has 10 aromatic rings. The SMILES string of the molecule is c1ccc2c(c1)OC1c3ccccc3N(c3ccc(-c4ccc5ccc6c(-c7cc8ccccc8c8ccccc78)ccc7ccc4c5c76)cc3)C21. The van der Waals surface area contributed by atoms with Gasteiger partial charge in [-0.25, -0.2) is 0 Å². The van der Waals surface area contributed by atoms with Crippen molar-refractivity contribution in [3.63, 3.8) is 0 Å². The van der Waals surface area contributed by atoms with Crippen LogP contribution >= 0.6 is 0 Å². The molecular weight excluding hydrogens is 631 g/mol. The van der Waals surface area contributed by atoms with E-state index in [0.717, 1.165) is 5.75 Å². The predicted octanol–water partition coefficient (Wildman–Crippen LogP) is 13.6. The van der Waals surface area contributed by atoms with Crippen molar-refractivity contribution in [1.29, 1.82) is 0 Å². The third-order valence-electron chi connectivity index (χ3n) is 11.7. The topological polar surface area (TPSA) is 12.5 Å². The lowest BCUT2D eigenvalue weighted by Crippen LogP contribution is -2.20. The molecule has 2 unspecified atom stereocenters. The van der Waals surface area contributed by atoms with Gasteiger partial charge < -0.3 is 9.64 Å². The molecular formula is C50H31NO. The fraction of sp³-hybridized carbons (Fsp3) is 0.0400. The number of benzene rings is 10. The second-order valence-electron chi connectivity index (χ2n) is 14.3. The van der Waals surface area contributed by atoms with Gasteiger partial charge in [0.05, 0.1) is 0 Å². The molecule has 2 aliphatic rings. The monoisotopic (exact) mass is 661 g/mol. The van der Waals surface area contributed by atoms with Crippen molar-refractivity contribution in [3.05, 3.63) is 187 Å². The van der Waals surface area contributed by atoms with Crippen LogP contribution in [0.3, 0.4) is 0 Å². The molecule has 0 spiro atoms. The summed E-state index contributed by atoms with van der Waals surface area (Å²) in [6, 6.07) is 65.0. The van der Waals surface area contributed by atoms with Crippen LogP contribution in [0.4, 0.5) is 11.4 Å². The van der Waals surface area contributed by atoms with E-state index in [0.29, 0.717) is 0 Å². The third kappa shape index (κ3) is 3.79. The van der Waals surface area contributed by atoms with Gasteiger partial charge in [0.2, 0.25) is 0 Å². The number of anilines is 2. The first-order chi connectivity index (χ1) is 25.8. The van der Waals surface area contributed by atoms with Crippen molar-refractivity contribution in [2.75, 3.05) is 4.90 Å². The average molecular weight is 662 g/mol. The van der Waals surface area contributed by atoms with Crippen molar-refractivity contribution in [2.24, 2.45) is 0 Å². The molecule has 12 rings (SSSR count). The zero-order valence-electron chi connectivity index (χ0n) is 28.3. The summed E-state index contributed by atoms with van der Waals surface area (Å²) < 4.78 is 6.54. The van der Waals surface area contributed by atoms with Crippen molar-refractivity contribution in [2.45, 2.75) is 12.1 Å². The van der Waals surface area contributed by atoms with Gasteiger partial charge in [-0.2, -0.15) is 0 Å². The van der Waals surface area contributed by atoms with Gasteiger partial charge in [-0.1, -0.05) is 146 Å². The van der Waals surface area contributed by atoms with Crippen LogP contribution in [-0.4, -0.2) is 0 Å². The highest BCUT2D eigenvalue weighted by Crippen LogP contribution is 2.58. The Labute approximate surface area is 301 Å². The summed E-state index contributed by atoms with van der Waals surface area (Å²) in [6.07, 6.45) is -0.0108. The van der Waals surface area contributed by atoms with Crippen molar-refractivity contribution >= 4 is 65.2 Å². The molecule has 242 valence electrons. The first-order valence-corrected chi connectivity index (χ1v) is 18.2. The molecule has 0 amide bonds. The van der Waals surface area contributed by atoms with Gasteiger partial charge in [0.15, 0.2) is 6.10 Å². The Morgan fingerprint density at radius 1 is 0.404 bits per heavy atom. The molecule has 2 heteroatoms. The number of hydrogen-bond acceptors (Lipinski definition) is 2. The molecule has 10 aromatic carbocycles. The molecule has 0 fully saturated rings. The summed E-state index contributed by atoms with van der Waals surface area (Å²) in [5, 5.41) is 12.9. The Hall–Kier alpha value is -6.64. The molecule has 0 N–H and O–H groups in total. The normalized spacial score (nSPS) is 16.2. The van der Waals surface area contributed by atoms with Crippen molar-refractivity contribution in [1.82, 2.24) is 0 Å². The Kier molecular flexibility index (Phi) is 5.64. The van der Waals surface area contributed by atoms with Gasteiger partial charge in [-0.3, -0.25) is 0 Å². The summed E-state index contributed by atoms with van der Waals surface area (Å²) in [5.41, 5.74) is 9.92. The van der Waals surface area contributed by atoms with Crippen LogP contribution < -0.4 is 9.64 Å². The van der Waals surface area contributed by atoms with Crippen LogP contribution in [0, 0.1) is 0 Å². The molecule has 0 bridgehead atoms. The Bertz CT molecular complexity index is 3070. The van der Waals surface area contributed by atoms with E-state index in [2.05, 4.69) is 181 Å². The van der Waals surface area contributed by atoms with E-state index in [4.69, 9.17) is 4.74 Å². The zero-order valence-corrected chi connectivity index (χ0v) is 28.3. The van der Waals surface area contributed by atoms with E-state index in [1.165, 1.54) is 98.6 Å². The van der Waals surface area contributed by atoms with Gasteiger partial charge in [-0.05, 0) is 106 Å². The molecule has 52 heavy (non-hydrogen) atoms. The Morgan fingerprint density at radius 2 is 1.02 bits per heavy atom. The quantitative estimate of drug-likeness (QED) is 0.175. The second kappa shape index (κ2) is 10.4. The maximum Gasteiger partial charge on any atom is 0.151 e. The maximum atomic E-state index is 6.54. The average Bonchev–Trinajstić information content (AvgIpc) is 3.74. The van der Waals surface area contributed by atoms with Crippen LogP contribution in [0.1, 0.15) is 23.3 Å². The highest BCUT2D eigenvalue weighted by atomic mass is 16.5. The van der Waals surface area contributed by atoms with Gasteiger partial charge in [0.25, 0.3) is 0 Å². The highest BCUT2D eigenvalue weighted by molar-refractivity contribution is 6.28. The zero-order chi connectivity index (χ0) is 33.9. The largest absolute Gasteiger partial charge is 0.483 e. The van der Waals surface area contributed by atoms with Crippen LogP contribution in [0.15, 0.2) is 176 Å². The van der Waals surface area contributed by atoms with Crippen LogP contribution in [-0.2, 0) is 0 Å². The second-order valence-corrected chi connectivity index (χ2v) is 14.3. The lowest BCUT2D eigenvalue weighted by Gasteiger charge is -2.27. The molecule has 2 aliphatic heterocycles. The van der Waals surface area contributed by atoms with E-state index in [1.807, 2.05) is 0 Å². The van der Waals surface area contributed by atoms with Crippen molar-refractivity contribution < 1.29 is 4.74 Å². The predicted molar refractivity (Wildman–Crippen MR) is 217 cm³/mol. The number of para-hydroxylation sites is 2. The number of hydrogen-bond donors (Lipinski definition) is 0. The number of rotatable bonds is 3. The van der Waals surface area contributed by atoms with E-state index in [1.54, 1.807) is 0 Å². The van der Waals surface area contributed by atoms with Gasteiger partial charge >= 0.3 is 0 Å². The summed E-state index contributed by atoms with van der Waals surface area (Å²) in [6.45, 7) is 0. The Balaban J connectivity index is 1.01. The molecule has 0 aliphatic carbocycles. The molecule has 0 aromatic heterocycles. The first kappa shape index (κ1) is 28.1. The minimum Gasteiger partial charge on any atom is -0.483 e. The lowest BCUT2D eigenvalue weighted by atomic mass is 9.85. The number of nitrogens with zero attached hydrogens (tertiary/aromatic N) is 1. The van der Waals surface area contributed by atoms with Gasteiger partial charge in [0.1, 0.15) is 11.8 Å². The number of ether oxygens (including phenoxy) is 1. The molecule has 2 nitrogen and oxygen atoms in total. The minimum absolute atomic E-state index is 0.0108. The van der Waals surface area contributed by atoms with Crippen LogP contribution in [0.25, 0.3) is 76.1 Å². The highest BCUT2D eigenvalue weighted by Gasteiger charge is 2.47. The first-order valence-electron chi connectivity index (χ1n) is 18.2. The standard InChI is InChI=1S/C50H31NO/c1-2-10-35-33(9-1)29-44(38-12-4-3-11-37(35)38)39-26-20-32-21-27-40-36(25-19-31-22-28-41(39)48(32)47(31)40)30-17-23-34(24-18-30)51-45-15-7-5-13-42(45)50-49(51)43-14-6-8-16-46(43)52-50/h1-29,49-50H. The Morgan fingerprint density at radius 3 is 1.83 bits per heavy atom. The molecule has 0 saturated heterocycles. The van der Waals surface area contributed by atoms with E-state index in [-0.39, 0.29) is 12.1 Å². The van der Waals surface area contributed by atoms with Crippen LogP contribution in [0.2, 0.25) is 0 Å². The van der Waals surface area contributed by atoms with Crippen molar-refractivity contribution in [3.8, 4) is 28.0 Å². The fourth-order valence-electron chi connectivity index (χ4n) is 9.47. The lowest BCUT2D eigenvalue weighted by molar-refractivity contribution is 0.223. The third-order valence-corrected chi connectivity index (χ3v) is 11.7. The number of fused-ring (bicyclic) bond motifs is 8.